The molecule has 0 radical (unpaired) electrons. The van der Waals surface area contributed by atoms with Gasteiger partial charge in [0, 0.05) is 11.2 Å². The number of pyridine rings is 1. The van der Waals surface area contributed by atoms with Crippen LogP contribution in [0.5, 0.6) is 5.75 Å². The molecule has 1 heterocycles. The van der Waals surface area contributed by atoms with Crippen molar-refractivity contribution in [2.45, 2.75) is 6.61 Å². The van der Waals surface area contributed by atoms with Crippen LogP contribution in [0.25, 0.3) is 0 Å². The third kappa shape index (κ3) is 2.97. The lowest BCUT2D eigenvalue weighted by Gasteiger charge is -2.07. The summed E-state index contributed by atoms with van der Waals surface area (Å²) in [5.41, 5.74) is 1.07. The summed E-state index contributed by atoms with van der Waals surface area (Å²) in [4.78, 5) is 4.08. The highest BCUT2D eigenvalue weighted by Crippen LogP contribution is 2.22. The second-order valence-corrected chi connectivity index (χ2v) is 4.40. The van der Waals surface area contributed by atoms with E-state index in [1.165, 1.54) is 0 Å². The van der Waals surface area contributed by atoms with E-state index in [0.29, 0.717) is 11.2 Å². The van der Waals surface area contributed by atoms with Gasteiger partial charge in [-0.25, -0.2) is 4.98 Å². The van der Waals surface area contributed by atoms with Gasteiger partial charge in [-0.15, -0.1) is 0 Å². The van der Waals surface area contributed by atoms with Gasteiger partial charge < -0.3 is 4.74 Å². The standard InChI is InChI=1S/C12H9BrClNO/c13-12-11(2-1-7-15-12)16-8-9-3-5-10(14)6-4-9/h1-7H,8H2. The minimum absolute atomic E-state index is 0.501. The molecular formula is C12H9BrClNO. The van der Waals surface area contributed by atoms with Crippen LogP contribution in [0.15, 0.2) is 47.2 Å². The van der Waals surface area contributed by atoms with Gasteiger partial charge in [0.1, 0.15) is 11.2 Å². The second kappa shape index (κ2) is 5.32. The summed E-state index contributed by atoms with van der Waals surface area (Å²) >= 11 is 9.12. The lowest BCUT2D eigenvalue weighted by Crippen LogP contribution is -1.96. The van der Waals surface area contributed by atoms with Gasteiger partial charge in [-0.2, -0.15) is 0 Å². The number of benzene rings is 1. The Bertz CT molecular complexity index is 473. The molecule has 0 amide bonds. The predicted octanol–water partition coefficient (Wildman–Crippen LogP) is 4.08. The normalized spacial score (nSPS) is 10.1. The molecule has 0 aliphatic rings. The average Bonchev–Trinajstić information content (AvgIpc) is 2.30. The van der Waals surface area contributed by atoms with Gasteiger partial charge in [-0.1, -0.05) is 23.7 Å². The van der Waals surface area contributed by atoms with Crippen LogP contribution in [-0.2, 0) is 6.61 Å². The van der Waals surface area contributed by atoms with Gasteiger partial charge in [0.25, 0.3) is 0 Å². The maximum atomic E-state index is 5.80. The first-order valence-electron chi connectivity index (χ1n) is 4.73. The number of nitrogens with zero attached hydrogens (tertiary/aromatic N) is 1. The van der Waals surface area contributed by atoms with E-state index in [4.69, 9.17) is 16.3 Å². The van der Waals surface area contributed by atoms with Crippen molar-refractivity contribution in [2.24, 2.45) is 0 Å². The monoisotopic (exact) mass is 297 g/mol. The zero-order chi connectivity index (χ0) is 11.4. The summed E-state index contributed by atoms with van der Waals surface area (Å²) in [5.74, 6) is 0.734. The maximum Gasteiger partial charge on any atom is 0.152 e. The minimum Gasteiger partial charge on any atom is -0.486 e. The van der Waals surface area contributed by atoms with Crippen LogP contribution in [0, 0.1) is 0 Å². The van der Waals surface area contributed by atoms with Crippen LogP contribution in [0.1, 0.15) is 5.56 Å². The van der Waals surface area contributed by atoms with Crippen molar-refractivity contribution in [3.05, 3.63) is 57.8 Å². The molecule has 1 aromatic carbocycles. The first-order valence-corrected chi connectivity index (χ1v) is 5.90. The Morgan fingerprint density at radius 3 is 2.62 bits per heavy atom. The first-order chi connectivity index (χ1) is 7.75. The van der Waals surface area contributed by atoms with Crippen molar-refractivity contribution in [1.82, 2.24) is 4.98 Å². The van der Waals surface area contributed by atoms with Crippen molar-refractivity contribution in [3.8, 4) is 5.75 Å². The number of ether oxygens (including phenoxy) is 1. The molecule has 0 fully saturated rings. The number of halogens is 2. The summed E-state index contributed by atoms with van der Waals surface area (Å²) in [7, 11) is 0. The molecule has 0 bridgehead atoms. The predicted molar refractivity (Wildman–Crippen MR) is 67.7 cm³/mol. The molecule has 0 N–H and O–H groups in total. The van der Waals surface area contributed by atoms with Gasteiger partial charge in [0.2, 0.25) is 0 Å². The smallest absolute Gasteiger partial charge is 0.152 e. The molecule has 2 nitrogen and oxygen atoms in total. The van der Waals surface area contributed by atoms with Crippen LogP contribution >= 0.6 is 27.5 Å². The fourth-order valence-electron chi connectivity index (χ4n) is 1.22. The molecule has 0 saturated heterocycles. The van der Waals surface area contributed by atoms with Crippen molar-refractivity contribution in [3.63, 3.8) is 0 Å². The number of rotatable bonds is 3. The quantitative estimate of drug-likeness (QED) is 0.797. The molecule has 2 aromatic rings. The molecule has 2 rings (SSSR count). The summed E-state index contributed by atoms with van der Waals surface area (Å²) < 4.78 is 6.32. The van der Waals surface area contributed by atoms with Crippen LogP contribution in [0.2, 0.25) is 5.02 Å². The Hall–Kier alpha value is -1.06. The minimum atomic E-state index is 0.501. The number of hydrogen-bond donors (Lipinski definition) is 0. The largest absolute Gasteiger partial charge is 0.486 e. The van der Waals surface area contributed by atoms with Crippen LogP contribution in [0.3, 0.4) is 0 Å². The Kier molecular flexibility index (Phi) is 3.80. The van der Waals surface area contributed by atoms with E-state index >= 15 is 0 Å². The third-order valence-corrected chi connectivity index (χ3v) is 2.88. The SMILES string of the molecule is Clc1ccc(COc2cccnc2Br)cc1. The van der Waals surface area contributed by atoms with E-state index in [1.54, 1.807) is 6.20 Å². The fourth-order valence-corrected chi connectivity index (χ4v) is 1.71. The van der Waals surface area contributed by atoms with Crippen molar-refractivity contribution >= 4 is 27.5 Å². The second-order valence-electron chi connectivity index (χ2n) is 3.21. The number of hydrogen-bond acceptors (Lipinski definition) is 2. The first kappa shape index (κ1) is 11.4. The van der Waals surface area contributed by atoms with Crippen molar-refractivity contribution < 1.29 is 4.74 Å². The van der Waals surface area contributed by atoms with Crippen LogP contribution in [0.4, 0.5) is 0 Å². The Morgan fingerprint density at radius 1 is 1.19 bits per heavy atom. The van der Waals surface area contributed by atoms with Gasteiger partial charge in [-0.3, -0.25) is 0 Å². The Morgan fingerprint density at radius 2 is 1.94 bits per heavy atom. The molecular weight excluding hydrogens is 289 g/mol. The Labute approximate surface area is 107 Å². The van der Waals surface area contributed by atoms with Gasteiger partial charge in [-0.05, 0) is 45.8 Å². The summed E-state index contributed by atoms with van der Waals surface area (Å²) in [5, 5.41) is 0.728. The Balaban J connectivity index is 2.02. The molecule has 16 heavy (non-hydrogen) atoms. The van der Waals surface area contributed by atoms with Crippen molar-refractivity contribution in [2.75, 3.05) is 0 Å². The molecule has 0 spiro atoms. The van der Waals surface area contributed by atoms with E-state index in [9.17, 15) is 0 Å². The van der Waals surface area contributed by atoms with Gasteiger partial charge in [0.05, 0.1) is 0 Å². The molecule has 82 valence electrons. The van der Waals surface area contributed by atoms with Gasteiger partial charge in [0.15, 0.2) is 5.75 Å². The highest BCUT2D eigenvalue weighted by atomic mass is 79.9. The van der Waals surface area contributed by atoms with Gasteiger partial charge >= 0.3 is 0 Å². The molecule has 0 saturated carbocycles. The van der Waals surface area contributed by atoms with Crippen LogP contribution in [-0.4, -0.2) is 4.98 Å². The lowest BCUT2D eigenvalue weighted by molar-refractivity contribution is 0.302. The summed E-state index contributed by atoms with van der Waals surface area (Å²) in [6.07, 6.45) is 1.71. The topological polar surface area (TPSA) is 22.1 Å². The average molecular weight is 299 g/mol. The van der Waals surface area contributed by atoms with E-state index in [0.717, 1.165) is 16.3 Å². The molecule has 0 unspecified atom stereocenters. The maximum absolute atomic E-state index is 5.80. The molecule has 0 aliphatic carbocycles. The fraction of sp³-hybridized carbons (Fsp3) is 0.0833. The highest BCUT2D eigenvalue weighted by Gasteiger charge is 2.01. The highest BCUT2D eigenvalue weighted by molar-refractivity contribution is 9.10. The third-order valence-electron chi connectivity index (χ3n) is 2.03. The van der Waals surface area contributed by atoms with E-state index < -0.39 is 0 Å². The molecule has 4 heteroatoms. The molecule has 0 atom stereocenters. The van der Waals surface area contributed by atoms with E-state index in [1.807, 2.05) is 36.4 Å². The molecule has 1 aromatic heterocycles. The lowest BCUT2D eigenvalue weighted by atomic mass is 10.2. The summed E-state index contributed by atoms with van der Waals surface area (Å²) in [6, 6.07) is 11.3. The molecule has 0 aliphatic heterocycles. The zero-order valence-corrected chi connectivity index (χ0v) is 10.7. The zero-order valence-electron chi connectivity index (χ0n) is 8.36. The number of aromatic nitrogens is 1. The summed E-state index contributed by atoms with van der Waals surface area (Å²) in [6.45, 7) is 0.501. The van der Waals surface area contributed by atoms with Crippen molar-refractivity contribution in [1.29, 1.82) is 0 Å². The van der Waals surface area contributed by atoms with Crippen LogP contribution < -0.4 is 4.74 Å². The van der Waals surface area contributed by atoms with E-state index in [-0.39, 0.29) is 0 Å². The van der Waals surface area contributed by atoms with E-state index in [2.05, 4.69) is 20.9 Å².